The number of carbonyl (C=O) groups is 4. The van der Waals surface area contributed by atoms with E-state index in [2.05, 4.69) is 25.8 Å². The second-order valence-corrected chi connectivity index (χ2v) is 12.2. The first kappa shape index (κ1) is 32.0. The average Bonchev–Trinajstić information content (AvgIpc) is 3.32. The number of hydrogen-bond donors (Lipinski definition) is 3. The summed E-state index contributed by atoms with van der Waals surface area (Å²) < 4.78 is 17.5. The van der Waals surface area contributed by atoms with Gasteiger partial charge in [-0.1, -0.05) is 25.0 Å². The number of allylic oxidation sites excluding steroid dienone is 1. The molecule has 2 aromatic heterocycles. The third-order valence-corrected chi connectivity index (χ3v) is 8.96. The highest BCUT2D eigenvalue weighted by Gasteiger charge is 2.61. The first-order valence-electron chi connectivity index (χ1n) is 15.6. The third kappa shape index (κ3) is 6.65. The molecule has 0 spiro atoms. The first-order valence-corrected chi connectivity index (χ1v) is 15.6. The van der Waals surface area contributed by atoms with Gasteiger partial charge in [-0.3, -0.25) is 14.4 Å². The molecule has 1 aromatic carbocycles. The van der Waals surface area contributed by atoms with Crippen molar-refractivity contribution in [2.24, 2.45) is 5.92 Å². The average molecular weight is 642 g/mol. The number of nitrogens with one attached hydrogen (secondary N) is 2. The van der Waals surface area contributed by atoms with E-state index in [0.717, 1.165) is 19.3 Å². The molecule has 5 atom stereocenters. The number of methoxy groups -OCH3 is 1. The van der Waals surface area contributed by atoms with Crippen molar-refractivity contribution in [2.45, 2.75) is 75.6 Å². The normalized spacial score (nSPS) is 27.1. The zero-order chi connectivity index (χ0) is 33.3. The standard InChI is InChI=1S/C32H35BN6O8/c1-17-37-38-28(46-17)24-14-26(21-11-10-19(45-2)12-23(21)34-24)47-20-13-25-27(40)36-32(30(42)43)15-18(32)8-6-4-3-5-7-9-22(35-31(33)44)29(41)39(25)16-20/h6,8,10-12,14,18,20,22,25H,3-5,7,9,13,15-16H2,1-2H3,(H,35,44)(H,36,40)(H,42,43)/b8-6-/t18?,20-,22+,25+,32-/m1/s1. The number of pyridine rings is 1. The predicted molar refractivity (Wildman–Crippen MR) is 168 cm³/mol. The Morgan fingerprint density at radius 3 is 2.74 bits per heavy atom. The summed E-state index contributed by atoms with van der Waals surface area (Å²) in [4.78, 5) is 58.2. The maximum absolute atomic E-state index is 14.0. The number of nitrogens with zero attached hydrogens (tertiary/aromatic N) is 4. The second kappa shape index (κ2) is 13.0. The molecule has 2 aliphatic heterocycles. The molecule has 1 unspecified atom stereocenters. The highest BCUT2D eigenvalue weighted by Crippen LogP contribution is 2.45. The number of hydrogen-bond acceptors (Lipinski definition) is 10. The van der Waals surface area contributed by atoms with Crippen LogP contribution in [0.2, 0.25) is 0 Å². The molecule has 3 aliphatic rings. The van der Waals surface area contributed by atoms with Crippen LogP contribution in [0.3, 0.4) is 0 Å². The molecule has 2 fully saturated rings. The molecule has 1 saturated heterocycles. The van der Waals surface area contributed by atoms with Crippen LogP contribution in [-0.4, -0.2) is 94.0 Å². The summed E-state index contributed by atoms with van der Waals surface area (Å²) in [5, 5.41) is 24.0. The van der Waals surface area contributed by atoms with Gasteiger partial charge in [-0.25, -0.2) is 9.78 Å². The van der Waals surface area contributed by atoms with Crippen molar-refractivity contribution in [2.75, 3.05) is 13.7 Å². The molecular formula is C32H35BN6O8. The number of carbonyl (C=O) groups excluding carboxylic acids is 3. The molecule has 6 rings (SSSR count). The van der Waals surface area contributed by atoms with E-state index in [4.69, 9.17) is 21.7 Å². The fraction of sp³-hybridized carbons (Fsp3) is 0.469. The zero-order valence-corrected chi connectivity index (χ0v) is 26.1. The van der Waals surface area contributed by atoms with Gasteiger partial charge in [-0.2, -0.15) is 0 Å². The van der Waals surface area contributed by atoms with Crippen LogP contribution in [0.25, 0.3) is 22.5 Å². The van der Waals surface area contributed by atoms with Gasteiger partial charge in [0.1, 0.15) is 40.9 Å². The summed E-state index contributed by atoms with van der Waals surface area (Å²) in [6.07, 6.45) is 6.73. The quantitative estimate of drug-likeness (QED) is 0.265. The maximum atomic E-state index is 14.0. The molecule has 0 bridgehead atoms. The van der Waals surface area contributed by atoms with E-state index in [1.165, 1.54) is 4.90 Å². The first-order chi connectivity index (χ1) is 22.6. The minimum Gasteiger partial charge on any atom is -0.497 e. The summed E-state index contributed by atoms with van der Waals surface area (Å²) in [6.45, 7) is 1.65. The van der Waals surface area contributed by atoms with Gasteiger partial charge in [0.25, 0.3) is 5.89 Å². The van der Waals surface area contributed by atoms with E-state index in [1.54, 1.807) is 38.3 Å². The second-order valence-electron chi connectivity index (χ2n) is 12.2. The fourth-order valence-electron chi connectivity index (χ4n) is 6.41. The highest BCUT2D eigenvalue weighted by atomic mass is 16.5. The molecule has 1 saturated carbocycles. The van der Waals surface area contributed by atoms with Crippen molar-refractivity contribution in [1.82, 2.24) is 30.7 Å². The van der Waals surface area contributed by atoms with Crippen molar-refractivity contribution >= 4 is 42.3 Å². The smallest absolute Gasteiger partial charge is 0.330 e. The number of fused-ring (bicyclic) bond motifs is 3. The summed E-state index contributed by atoms with van der Waals surface area (Å²) in [6, 6.07) is 4.90. The Hall–Kier alpha value is -4.95. The van der Waals surface area contributed by atoms with Gasteiger partial charge in [-0.15, -0.1) is 10.2 Å². The minimum absolute atomic E-state index is 0.00770. The van der Waals surface area contributed by atoms with Crippen LogP contribution < -0.4 is 20.1 Å². The van der Waals surface area contributed by atoms with Crippen molar-refractivity contribution < 1.29 is 38.2 Å². The molecule has 2 radical (unpaired) electrons. The van der Waals surface area contributed by atoms with Crippen LogP contribution in [0.15, 0.2) is 40.8 Å². The SMILES string of the molecule is [B]C(=O)N[C@H]1CCCCC/C=C\C2C[C@@]2(C(=O)O)NC(=O)[C@@H]2C[C@@H](Oc3cc(-c4nnc(C)o4)nc4cc(OC)ccc34)CN2C1=O. The Morgan fingerprint density at radius 2 is 2.02 bits per heavy atom. The van der Waals surface area contributed by atoms with Crippen molar-refractivity contribution in [3.8, 4) is 23.1 Å². The molecule has 3 aromatic rings. The number of ether oxygens (including phenoxy) is 2. The van der Waals surface area contributed by atoms with Crippen LogP contribution >= 0.6 is 0 Å². The number of carboxylic acids is 1. The van der Waals surface area contributed by atoms with Crippen molar-refractivity contribution in [1.29, 1.82) is 0 Å². The van der Waals surface area contributed by atoms with Gasteiger partial charge in [0.15, 0.2) is 5.81 Å². The molecule has 244 valence electrons. The van der Waals surface area contributed by atoms with Gasteiger partial charge >= 0.3 is 5.97 Å². The highest BCUT2D eigenvalue weighted by molar-refractivity contribution is 6.57. The zero-order valence-electron chi connectivity index (χ0n) is 26.1. The number of carboxylic acid groups (broad SMARTS) is 1. The van der Waals surface area contributed by atoms with Crippen molar-refractivity contribution in [3.63, 3.8) is 0 Å². The van der Waals surface area contributed by atoms with Gasteiger partial charge in [0, 0.05) is 36.8 Å². The van der Waals surface area contributed by atoms with E-state index in [-0.39, 0.29) is 31.2 Å². The fourth-order valence-corrected chi connectivity index (χ4v) is 6.41. The van der Waals surface area contributed by atoms with Crippen LogP contribution in [0.1, 0.15) is 50.8 Å². The number of amides is 3. The Labute approximate surface area is 271 Å². The number of aliphatic carboxylic acids is 1. The Morgan fingerprint density at radius 1 is 1.19 bits per heavy atom. The molecule has 47 heavy (non-hydrogen) atoms. The van der Waals surface area contributed by atoms with E-state index in [9.17, 15) is 24.3 Å². The van der Waals surface area contributed by atoms with Gasteiger partial charge in [0.05, 0.1) is 19.2 Å². The molecular weight excluding hydrogens is 607 g/mol. The number of aromatic nitrogens is 3. The van der Waals surface area contributed by atoms with Gasteiger partial charge < -0.3 is 34.5 Å². The van der Waals surface area contributed by atoms with Crippen LogP contribution in [0.4, 0.5) is 4.79 Å². The lowest BCUT2D eigenvalue weighted by Crippen LogP contribution is -2.56. The van der Waals surface area contributed by atoms with E-state index < -0.39 is 47.3 Å². The molecule has 14 nitrogen and oxygen atoms in total. The van der Waals surface area contributed by atoms with Crippen LogP contribution in [0, 0.1) is 12.8 Å². The Balaban J connectivity index is 1.34. The molecule has 4 heterocycles. The van der Waals surface area contributed by atoms with Gasteiger partial charge in [-0.05, 0) is 37.8 Å². The monoisotopic (exact) mass is 642 g/mol. The van der Waals surface area contributed by atoms with Gasteiger partial charge in [0.2, 0.25) is 25.6 Å². The summed E-state index contributed by atoms with van der Waals surface area (Å²) in [5.74, 6) is -1.96. The third-order valence-electron chi connectivity index (χ3n) is 8.96. The number of benzene rings is 1. The van der Waals surface area contributed by atoms with E-state index in [0.29, 0.717) is 46.8 Å². The lowest BCUT2D eigenvalue weighted by molar-refractivity contribution is -0.145. The molecule has 15 heteroatoms. The topological polar surface area (TPSA) is 186 Å². The van der Waals surface area contributed by atoms with Crippen molar-refractivity contribution in [3.05, 3.63) is 42.3 Å². The molecule has 3 N–H and O–H groups in total. The Kier molecular flexibility index (Phi) is 8.89. The number of aryl methyl sites for hydroxylation is 1. The summed E-state index contributed by atoms with van der Waals surface area (Å²) >= 11 is 0. The van der Waals surface area contributed by atoms with E-state index >= 15 is 0 Å². The summed E-state index contributed by atoms with van der Waals surface area (Å²) in [7, 11) is 6.98. The summed E-state index contributed by atoms with van der Waals surface area (Å²) in [5.41, 5.74) is -0.578. The lowest BCUT2D eigenvalue weighted by atomic mass is 10.0. The molecule has 3 amide bonds. The largest absolute Gasteiger partial charge is 0.497 e. The minimum atomic E-state index is -1.45. The van der Waals surface area contributed by atoms with Crippen LogP contribution in [-0.2, 0) is 14.4 Å². The van der Waals surface area contributed by atoms with E-state index in [1.807, 2.05) is 12.2 Å². The number of rotatable bonds is 6. The lowest BCUT2D eigenvalue weighted by Gasteiger charge is -2.29. The maximum Gasteiger partial charge on any atom is 0.330 e. The Bertz CT molecular complexity index is 1750. The van der Waals surface area contributed by atoms with Crippen LogP contribution in [0.5, 0.6) is 11.5 Å². The predicted octanol–water partition coefficient (Wildman–Crippen LogP) is 2.68. The molecule has 1 aliphatic carbocycles.